The summed E-state index contributed by atoms with van der Waals surface area (Å²) in [4.78, 5) is 0. The molecular formula is C21H26F3N3OS. The van der Waals surface area contributed by atoms with Crippen LogP contribution in [0, 0.1) is 28.1 Å². The van der Waals surface area contributed by atoms with Crippen LogP contribution in [0.25, 0.3) is 0 Å². The van der Waals surface area contributed by atoms with Crippen LogP contribution in [0.5, 0.6) is 0 Å². The highest BCUT2D eigenvalue weighted by atomic mass is 32.1. The van der Waals surface area contributed by atoms with Gasteiger partial charge in [0.1, 0.15) is 5.82 Å². The fourth-order valence-electron chi connectivity index (χ4n) is 4.58. The minimum absolute atomic E-state index is 0.172. The van der Waals surface area contributed by atoms with Gasteiger partial charge in [0.2, 0.25) is 0 Å². The molecular weight excluding hydrogens is 399 g/mol. The maximum absolute atomic E-state index is 14.3. The Hall–Kier alpha value is -1.64. The topological polar surface area (TPSA) is 31.1 Å². The number of ether oxygens (including phenoxy) is 1. The molecule has 2 aliphatic heterocycles. The molecule has 0 saturated carbocycles. The number of fused-ring (bicyclic) bond motifs is 1. The van der Waals surface area contributed by atoms with E-state index in [-0.39, 0.29) is 5.56 Å². The summed E-state index contributed by atoms with van der Waals surface area (Å²) in [6, 6.07) is 1.83. The number of rotatable bonds is 6. The monoisotopic (exact) mass is 425 g/mol. The van der Waals surface area contributed by atoms with E-state index >= 15 is 0 Å². The van der Waals surface area contributed by atoms with E-state index in [4.69, 9.17) is 17.0 Å². The summed E-state index contributed by atoms with van der Waals surface area (Å²) < 4.78 is 52.1. The SMILES string of the molecule is Cn1c(CCNCC2CCOCC2)c2n(c1=S)C[C@@H](c1c(F)ccc(F)c1F)C2. The lowest BCUT2D eigenvalue weighted by Gasteiger charge is -2.22. The Morgan fingerprint density at radius 2 is 1.90 bits per heavy atom. The molecule has 29 heavy (non-hydrogen) atoms. The lowest BCUT2D eigenvalue weighted by Crippen LogP contribution is -2.29. The Kier molecular flexibility index (Phi) is 6.13. The maximum atomic E-state index is 14.3. The van der Waals surface area contributed by atoms with Crippen LogP contribution >= 0.6 is 12.2 Å². The molecule has 1 N–H and O–H groups in total. The molecule has 1 aromatic heterocycles. The minimum Gasteiger partial charge on any atom is -0.381 e. The fraction of sp³-hybridized carbons (Fsp3) is 0.571. The third-order valence-corrected chi connectivity index (χ3v) is 6.72. The van der Waals surface area contributed by atoms with Gasteiger partial charge in [-0.15, -0.1) is 0 Å². The van der Waals surface area contributed by atoms with Gasteiger partial charge in [-0.25, -0.2) is 13.2 Å². The summed E-state index contributed by atoms with van der Waals surface area (Å²) in [7, 11) is 1.93. The van der Waals surface area contributed by atoms with Crippen LogP contribution in [0.1, 0.15) is 35.7 Å². The molecule has 0 unspecified atom stereocenters. The second-order valence-corrected chi connectivity index (χ2v) is 8.38. The molecule has 4 nitrogen and oxygen atoms in total. The number of nitrogens with one attached hydrogen (secondary N) is 1. The highest BCUT2D eigenvalue weighted by Crippen LogP contribution is 2.35. The Morgan fingerprint density at radius 1 is 1.17 bits per heavy atom. The van der Waals surface area contributed by atoms with Crippen molar-refractivity contribution >= 4 is 12.2 Å². The van der Waals surface area contributed by atoms with Crippen molar-refractivity contribution in [1.29, 1.82) is 0 Å². The summed E-state index contributed by atoms with van der Waals surface area (Å²) >= 11 is 5.55. The zero-order valence-electron chi connectivity index (χ0n) is 16.5. The van der Waals surface area contributed by atoms with Crippen LogP contribution in [0.2, 0.25) is 0 Å². The summed E-state index contributed by atoms with van der Waals surface area (Å²) in [5, 5.41) is 3.52. The number of hydrogen-bond acceptors (Lipinski definition) is 3. The van der Waals surface area contributed by atoms with Crippen molar-refractivity contribution < 1.29 is 17.9 Å². The number of halogens is 3. The van der Waals surface area contributed by atoms with Gasteiger partial charge < -0.3 is 19.2 Å². The third-order valence-electron chi connectivity index (χ3n) is 6.22. The number of aromatic nitrogens is 2. The van der Waals surface area contributed by atoms with E-state index in [1.165, 1.54) is 0 Å². The lowest BCUT2D eigenvalue weighted by atomic mass is 9.95. The first-order valence-corrected chi connectivity index (χ1v) is 10.6. The maximum Gasteiger partial charge on any atom is 0.179 e. The molecule has 3 heterocycles. The Bertz CT molecular complexity index is 950. The van der Waals surface area contributed by atoms with E-state index in [2.05, 4.69) is 5.32 Å². The number of benzene rings is 1. The molecule has 0 aliphatic carbocycles. The quantitative estimate of drug-likeness (QED) is 0.433. The molecule has 0 amide bonds. The summed E-state index contributed by atoms with van der Waals surface area (Å²) in [6.45, 7) is 3.82. The largest absolute Gasteiger partial charge is 0.381 e. The Morgan fingerprint density at radius 3 is 2.66 bits per heavy atom. The van der Waals surface area contributed by atoms with Gasteiger partial charge in [0.05, 0.1) is 0 Å². The first-order valence-electron chi connectivity index (χ1n) is 10.2. The van der Waals surface area contributed by atoms with E-state index < -0.39 is 23.4 Å². The first-order chi connectivity index (χ1) is 14.0. The van der Waals surface area contributed by atoms with E-state index in [1.54, 1.807) is 0 Å². The van der Waals surface area contributed by atoms with Crippen molar-refractivity contribution in [3.05, 3.63) is 51.3 Å². The highest BCUT2D eigenvalue weighted by molar-refractivity contribution is 7.71. The van der Waals surface area contributed by atoms with Gasteiger partial charge in [-0.3, -0.25) is 0 Å². The second kappa shape index (κ2) is 8.62. The molecule has 0 spiro atoms. The first kappa shape index (κ1) is 20.6. The lowest BCUT2D eigenvalue weighted by molar-refractivity contribution is 0.0664. The molecule has 1 aromatic carbocycles. The van der Waals surface area contributed by atoms with Gasteiger partial charge in [-0.2, -0.15) is 0 Å². The van der Waals surface area contributed by atoms with Crippen LogP contribution in [0.15, 0.2) is 12.1 Å². The van der Waals surface area contributed by atoms with Crippen LogP contribution in [-0.2, 0) is 31.2 Å². The van der Waals surface area contributed by atoms with Crippen molar-refractivity contribution in [2.75, 3.05) is 26.3 Å². The normalized spacial score (nSPS) is 19.7. The molecule has 158 valence electrons. The molecule has 4 rings (SSSR count). The molecule has 2 aliphatic rings. The molecule has 0 bridgehead atoms. The van der Waals surface area contributed by atoms with E-state index in [0.717, 1.165) is 69.1 Å². The highest BCUT2D eigenvalue weighted by Gasteiger charge is 2.32. The molecule has 1 saturated heterocycles. The van der Waals surface area contributed by atoms with Gasteiger partial charge in [0.25, 0.3) is 0 Å². The van der Waals surface area contributed by atoms with Crippen molar-refractivity contribution in [1.82, 2.24) is 14.5 Å². The van der Waals surface area contributed by atoms with E-state index in [9.17, 15) is 13.2 Å². The van der Waals surface area contributed by atoms with Crippen LogP contribution in [-0.4, -0.2) is 35.4 Å². The van der Waals surface area contributed by atoms with Gasteiger partial charge in [-0.1, -0.05) is 0 Å². The average Bonchev–Trinajstić information content (AvgIpc) is 3.23. The number of imidazole rings is 1. The Labute approximate surface area is 173 Å². The predicted octanol–water partition coefficient (Wildman–Crippen LogP) is 3.87. The average molecular weight is 426 g/mol. The van der Waals surface area contributed by atoms with Crippen molar-refractivity contribution in [3.63, 3.8) is 0 Å². The van der Waals surface area contributed by atoms with Crippen LogP contribution in [0.4, 0.5) is 13.2 Å². The van der Waals surface area contributed by atoms with E-state index in [0.29, 0.717) is 23.7 Å². The summed E-state index contributed by atoms with van der Waals surface area (Å²) in [5.41, 5.74) is 1.90. The third kappa shape index (κ3) is 4.02. The second-order valence-electron chi connectivity index (χ2n) is 8.01. The summed E-state index contributed by atoms with van der Waals surface area (Å²) in [6.07, 6.45) is 3.42. The zero-order chi connectivity index (χ0) is 20.5. The molecule has 2 aromatic rings. The fourth-order valence-corrected chi connectivity index (χ4v) is 4.88. The molecule has 1 fully saturated rings. The molecule has 1 atom stereocenters. The van der Waals surface area contributed by atoms with Gasteiger partial charge in [0.15, 0.2) is 16.4 Å². The minimum atomic E-state index is -1.09. The molecule has 0 radical (unpaired) electrons. The smallest absolute Gasteiger partial charge is 0.179 e. The Balaban J connectivity index is 1.46. The zero-order valence-corrected chi connectivity index (χ0v) is 17.3. The van der Waals surface area contributed by atoms with Crippen LogP contribution in [0.3, 0.4) is 0 Å². The van der Waals surface area contributed by atoms with Crippen molar-refractivity contribution in [2.45, 2.75) is 38.1 Å². The number of nitrogens with zero attached hydrogens (tertiary/aromatic N) is 2. The van der Waals surface area contributed by atoms with Crippen molar-refractivity contribution in [2.24, 2.45) is 13.0 Å². The summed E-state index contributed by atoms with van der Waals surface area (Å²) in [5.74, 6) is -2.60. The van der Waals surface area contributed by atoms with Crippen molar-refractivity contribution in [3.8, 4) is 0 Å². The molecule has 8 heteroatoms. The van der Waals surface area contributed by atoms with Crippen LogP contribution < -0.4 is 5.32 Å². The predicted molar refractivity (Wildman–Crippen MR) is 107 cm³/mol. The van der Waals surface area contributed by atoms with Gasteiger partial charge >= 0.3 is 0 Å². The van der Waals surface area contributed by atoms with Gasteiger partial charge in [0, 0.05) is 62.6 Å². The number of hydrogen-bond donors (Lipinski definition) is 1. The van der Waals surface area contributed by atoms with E-state index in [1.807, 2.05) is 16.2 Å². The standard InChI is InChI=1S/C21H26F3N3OS/c1-26-17(4-7-25-11-13-5-8-28-9-6-13)18-10-14(12-27(18)21(26)29)19-15(22)2-3-16(23)20(19)24/h2-3,13-14,25H,4-12H2,1H3/t14-/m0/s1. The van der Waals surface area contributed by atoms with Gasteiger partial charge in [-0.05, 0) is 56.1 Å².